The van der Waals surface area contributed by atoms with E-state index in [2.05, 4.69) is 53.2 Å². The van der Waals surface area contributed by atoms with E-state index in [4.69, 9.17) is 4.99 Å². The van der Waals surface area contributed by atoms with Crippen molar-refractivity contribution in [3.05, 3.63) is 65.7 Å². The first-order valence-electron chi connectivity index (χ1n) is 9.71. The molecule has 3 rings (SSSR count). The summed E-state index contributed by atoms with van der Waals surface area (Å²) in [6.45, 7) is 4.36. The Morgan fingerprint density at radius 1 is 1.07 bits per heavy atom. The summed E-state index contributed by atoms with van der Waals surface area (Å²) in [7, 11) is 1.64. The zero-order valence-electron chi connectivity index (χ0n) is 16.9. The van der Waals surface area contributed by atoms with Crippen LogP contribution >= 0.6 is 35.7 Å². The lowest BCUT2D eigenvalue weighted by Crippen LogP contribution is -2.41. The zero-order valence-corrected chi connectivity index (χ0v) is 20.1. The minimum absolute atomic E-state index is 0. The Bertz CT molecular complexity index is 807. The molecule has 7 heteroatoms. The normalized spacial score (nSPS) is 14.5. The van der Waals surface area contributed by atoms with Gasteiger partial charge in [0.15, 0.2) is 5.96 Å². The number of amides is 1. The molecular weight excluding hydrogens is 495 g/mol. The molecule has 0 aliphatic heterocycles. The van der Waals surface area contributed by atoms with Crippen molar-refractivity contribution in [2.75, 3.05) is 20.1 Å². The van der Waals surface area contributed by atoms with Gasteiger partial charge in [-0.1, -0.05) is 30.3 Å². The molecule has 3 N–H and O–H groups in total. The quantitative estimate of drug-likeness (QED) is 0.277. The third kappa shape index (κ3) is 7.22. The van der Waals surface area contributed by atoms with E-state index >= 15 is 0 Å². The molecule has 0 bridgehead atoms. The molecular formula is C22H29IN4OS. The Labute approximate surface area is 194 Å². The highest BCUT2D eigenvalue weighted by Gasteiger charge is 2.43. The molecule has 1 amide bonds. The van der Waals surface area contributed by atoms with Crippen molar-refractivity contribution < 1.29 is 4.79 Å². The van der Waals surface area contributed by atoms with E-state index in [1.807, 2.05) is 36.0 Å². The molecule has 0 heterocycles. The van der Waals surface area contributed by atoms with Gasteiger partial charge in [0.1, 0.15) is 0 Å². The van der Waals surface area contributed by atoms with Crippen LogP contribution in [-0.2, 0) is 6.54 Å². The molecule has 1 fully saturated rings. The molecule has 0 radical (unpaired) electrons. The van der Waals surface area contributed by atoms with Gasteiger partial charge in [-0.05, 0) is 49.6 Å². The van der Waals surface area contributed by atoms with E-state index in [1.165, 1.54) is 17.7 Å². The topological polar surface area (TPSA) is 65.5 Å². The van der Waals surface area contributed by atoms with Crippen LogP contribution in [0.4, 0.5) is 0 Å². The fraction of sp³-hybridized carbons (Fsp3) is 0.364. The summed E-state index contributed by atoms with van der Waals surface area (Å²) in [6.07, 6.45) is 2.44. The van der Waals surface area contributed by atoms with Crippen LogP contribution < -0.4 is 16.0 Å². The third-order valence-electron chi connectivity index (χ3n) is 4.67. The molecule has 29 heavy (non-hydrogen) atoms. The Morgan fingerprint density at radius 2 is 1.76 bits per heavy atom. The number of rotatable bonds is 8. The molecule has 156 valence electrons. The molecule has 2 aromatic rings. The van der Waals surface area contributed by atoms with E-state index in [1.54, 1.807) is 7.05 Å². The molecule has 2 aromatic carbocycles. The fourth-order valence-electron chi connectivity index (χ4n) is 2.86. The summed E-state index contributed by atoms with van der Waals surface area (Å²) in [5.74, 6) is 0.758. The van der Waals surface area contributed by atoms with Crippen molar-refractivity contribution in [1.82, 2.24) is 16.0 Å². The van der Waals surface area contributed by atoms with E-state index in [-0.39, 0.29) is 34.6 Å². The molecule has 0 atom stereocenters. The first kappa shape index (κ1) is 23.5. The third-order valence-corrected chi connectivity index (χ3v) is 6.16. The fourth-order valence-corrected chi connectivity index (χ4v) is 4.10. The lowest BCUT2D eigenvalue weighted by atomic mass is 10.1. The van der Waals surface area contributed by atoms with Gasteiger partial charge in [-0.3, -0.25) is 4.79 Å². The maximum Gasteiger partial charge on any atom is 0.251 e. The molecule has 0 unspecified atom stereocenters. The number of nitrogens with zero attached hydrogens (tertiary/aromatic N) is 1. The summed E-state index contributed by atoms with van der Waals surface area (Å²) in [5.41, 5.74) is 1.73. The highest BCUT2D eigenvalue weighted by molar-refractivity contribution is 14.0. The number of benzene rings is 2. The number of carbonyl (C=O) groups excluding carboxylic acids is 1. The minimum atomic E-state index is -0.0734. The summed E-state index contributed by atoms with van der Waals surface area (Å²) in [6, 6.07) is 18.1. The molecule has 1 aliphatic carbocycles. The lowest BCUT2D eigenvalue weighted by Gasteiger charge is -2.18. The SMILES string of the molecule is CCNC(=NCc1ccc(C(=O)NC)cc1)NCC1(Sc2ccccc2)CC1.I. The van der Waals surface area contributed by atoms with Crippen molar-refractivity contribution in [2.45, 2.75) is 36.0 Å². The summed E-state index contributed by atoms with van der Waals surface area (Å²) < 4.78 is 0.271. The monoisotopic (exact) mass is 524 g/mol. The number of nitrogens with one attached hydrogen (secondary N) is 3. The van der Waals surface area contributed by atoms with Crippen LogP contribution in [0.25, 0.3) is 0 Å². The number of hydrogen-bond donors (Lipinski definition) is 3. The predicted molar refractivity (Wildman–Crippen MR) is 132 cm³/mol. The zero-order chi connectivity index (χ0) is 19.8. The van der Waals surface area contributed by atoms with Gasteiger partial charge in [-0.25, -0.2) is 4.99 Å². The average molecular weight is 524 g/mol. The van der Waals surface area contributed by atoms with Gasteiger partial charge in [0.05, 0.1) is 6.54 Å². The van der Waals surface area contributed by atoms with Gasteiger partial charge in [-0.2, -0.15) is 0 Å². The Hall–Kier alpha value is -1.74. The first-order chi connectivity index (χ1) is 13.6. The van der Waals surface area contributed by atoms with E-state index < -0.39 is 0 Å². The van der Waals surface area contributed by atoms with Crippen LogP contribution in [-0.4, -0.2) is 36.8 Å². The second-order valence-electron chi connectivity index (χ2n) is 6.92. The number of thioether (sulfide) groups is 1. The highest BCUT2D eigenvalue weighted by atomic mass is 127. The van der Waals surface area contributed by atoms with Crippen molar-refractivity contribution in [3.8, 4) is 0 Å². The van der Waals surface area contributed by atoms with Crippen molar-refractivity contribution in [3.63, 3.8) is 0 Å². The van der Waals surface area contributed by atoms with Crippen LogP contribution in [0.1, 0.15) is 35.7 Å². The maximum atomic E-state index is 11.6. The Kier molecular flexibility index (Phi) is 9.29. The Morgan fingerprint density at radius 3 is 2.34 bits per heavy atom. The largest absolute Gasteiger partial charge is 0.357 e. The van der Waals surface area contributed by atoms with Crippen LogP contribution in [0.5, 0.6) is 0 Å². The van der Waals surface area contributed by atoms with Gasteiger partial charge in [0.25, 0.3) is 5.91 Å². The first-order valence-corrected chi connectivity index (χ1v) is 10.5. The molecule has 0 spiro atoms. The number of carbonyl (C=O) groups is 1. The number of aliphatic imine (C=N–C) groups is 1. The molecule has 1 aliphatic rings. The minimum Gasteiger partial charge on any atom is -0.357 e. The highest BCUT2D eigenvalue weighted by Crippen LogP contribution is 2.51. The van der Waals surface area contributed by atoms with Crippen LogP contribution in [0.15, 0.2) is 64.5 Å². The van der Waals surface area contributed by atoms with Crippen molar-refractivity contribution in [1.29, 1.82) is 0 Å². The van der Waals surface area contributed by atoms with Crippen molar-refractivity contribution in [2.24, 2.45) is 4.99 Å². The molecule has 5 nitrogen and oxygen atoms in total. The van der Waals surface area contributed by atoms with Crippen molar-refractivity contribution >= 4 is 47.6 Å². The maximum absolute atomic E-state index is 11.6. The number of guanidine groups is 1. The number of halogens is 1. The Balaban J connectivity index is 0.00000300. The van der Waals surface area contributed by atoms with Gasteiger partial charge in [0.2, 0.25) is 0 Å². The van der Waals surface area contributed by atoms with E-state index in [0.29, 0.717) is 12.1 Å². The molecule has 0 aromatic heterocycles. The smallest absolute Gasteiger partial charge is 0.251 e. The predicted octanol–water partition coefficient (Wildman–Crippen LogP) is 4.04. The van der Waals surface area contributed by atoms with Gasteiger partial charge in [0, 0.05) is 35.3 Å². The summed E-state index contributed by atoms with van der Waals surface area (Å²) in [5, 5.41) is 9.46. The molecule has 0 saturated heterocycles. The molecule has 1 saturated carbocycles. The number of hydrogen-bond acceptors (Lipinski definition) is 3. The lowest BCUT2D eigenvalue weighted by molar-refractivity contribution is 0.0963. The second kappa shape index (κ2) is 11.4. The van der Waals surface area contributed by atoms with Gasteiger partial charge >= 0.3 is 0 Å². The van der Waals surface area contributed by atoms with Crippen LogP contribution in [0.3, 0.4) is 0 Å². The summed E-state index contributed by atoms with van der Waals surface area (Å²) >= 11 is 1.95. The second-order valence-corrected chi connectivity index (χ2v) is 8.46. The van der Waals surface area contributed by atoms with Crippen LogP contribution in [0, 0.1) is 0 Å². The standard InChI is InChI=1S/C22H28N4OS.HI/c1-3-24-21(25-15-17-9-11-18(12-10-17)20(27)23-2)26-16-22(13-14-22)28-19-7-5-4-6-8-19;/h4-12H,3,13-16H2,1-2H3,(H,23,27)(H2,24,25,26);1H. The average Bonchev–Trinajstić information content (AvgIpc) is 3.50. The van der Waals surface area contributed by atoms with E-state index in [0.717, 1.165) is 24.6 Å². The van der Waals surface area contributed by atoms with Gasteiger partial charge in [-0.15, -0.1) is 35.7 Å². The summed E-state index contributed by atoms with van der Waals surface area (Å²) in [4.78, 5) is 17.7. The van der Waals surface area contributed by atoms with E-state index in [9.17, 15) is 4.79 Å². The van der Waals surface area contributed by atoms with Gasteiger partial charge < -0.3 is 16.0 Å². The van der Waals surface area contributed by atoms with Crippen LogP contribution in [0.2, 0.25) is 0 Å².